The molecule has 7 nitrogen and oxygen atoms in total. The number of carbonyl (C=O) groups excluding carboxylic acids is 1. The van der Waals surface area contributed by atoms with E-state index in [-0.39, 0.29) is 12.6 Å². The van der Waals surface area contributed by atoms with Gasteiger partial charge in [-0.2, -0.15) is 10.2 Å². The van der Waals surface area contributed by atoms with Gasteiger partial charge in [0.05, 0.1) is 12.2 Å². The van der Waals surface area contributed by atoms with Gasteiger partial charge in [-0.3, -0.25) is 9.48 Å². The van der Waals surface area contributed by atoms with Crippen molar-refractivity contribution in [1.29, 1.82) is 0 Å². The van der Waals surface area contributed by atoms with Crippen molar-refractivity contribution in [3.63, 3.8) is 0 Å². The number of benzene rings is 1. The predicted molar refractivity (Wildman–Crippen MR) is 107 cm³/mol. The van der Waals surface area contributed by atoms with Gasteiger partial charge in [-0.05, 0) is 42.7 Å². The Labute approximate surface area is 165 Å². The summed E-state index contributed by atoms with van der Waals surface area (Å²) in [7, 11) is 1.75. The smallest absolute Gasteiger partial charge is 0.274 e. The third-order valence-electron chi connectivity index (χ3n) is 4.54. The largest absolute Gasteiger partial charge is 0.471 e. The van der Waals surface area contributed by atoms with E-state index in [9.17, 15) is 4.79 Å². The zero-order valence-corrected chi connectivity index (χ0v) is 16.9. The van der Waals surface area contributed by atoms with Crippen LogP contribution in [0.25, 0.3) is 0 Å². The Balaban J connectivity index is 1.55. The van der Waals surface area contributed by atoms with Crippen LogP contribution < -0.4 is 4.74 Å². The molecule has 0 radical (unpaired) electrons. The first kappa shape index (κ1) is 19.7. The van der Waals surface area contributed by atoms with E-state index in [1.165, 1.54) is 5.56 Å². The molecule has 0 aliphatic heterocycles. The highest BCUT2D eigenvalue weighted by Gasteiger charge is 2.16. The molecule has 3 aromatic rings. The minimum Gasteiger partial charge on any atom is -0.471 e. The summed E-state index contributed by atoms with van der Waals surface area (Å²) in [6.07, 6.45) is 3.66. The van der Waals surface area contributed by atoms with Gasteiger partial charge in [-0.1, -0.05) is 26.0 Å². The van der Waals surface area contributed by atoms with Gasteiger partial charge < -0.3 is 9.64 Å². The van der Waals surface area contributed by atoms with Gasteiger partial charge >= 0.3 is 0 Å². The van der Waals surface area contributed by atoms with Crippen LogP contribution in [0.4, 0.5) is 0 Å². The summed E-state index contributed by atoms with van der Waals surface area (Å²) in [4.78, 5) is 14.2. The Bertz CT molecular complexity index is 911. The van der Waals surface area contributed by atoms with Crippen LogP contribution >= 0.6 is 0 Å². The number of hydrogen-bond acceptors (Lipinski definition) is 4. The Morgan fingerprint density at radius 1 is 1.07 bits per heavy atom. The number of aromatic nitrogens is 4. The molecule has 0 spiro atoms. The van der Waals surface area contributed by atoms with Gasteiger partial charge in [-0.15, -0.1) is 0 Å². The van der Waals surface area contributed by atoms with Gasteiger partial charge in [-0.25, -0.2) is 4.68 Å². The first-order valence-corrected chi connectivity index (χ1v) is 9.50. The fourth-order valence-electron chi connectivity index (χ4n) is 2.81. The molecule has 2 heterocycles. The molecule has 7 heteroatoms. The summed E-state index contributed by atoms with van der Waals surface area (Å²) in [5.41, 5.74) is 2.51. The van der Waals surface area contributed by atoms with Crippen molar-refractivity contribution in [2.24, 2.45) is 0 Å². The van der Waals surface area contributed by atoms with E-state index in [2.05, 4.69) is 36.2 Å². The summed E-state index contributed by atoms with van der Waals surface area (Å²) >= 11 is 0. The van der Waals surface area contributed by atoms with Crippen LogP contribution in [-0.4, -0.2) is 37.4 Å². The topological polar surface area (TPSA) is 65.2 Å². The van der Waals surface area contributed by atoms with E-state index >= 15 is 0 Å². The Hall–Kier alpha value is -3.09. The fraction of sp³-hybridized carbons (Fsp3) is 0.381. The van der Waals surface area contributed by atoms with Crippen LogP contribution in [0.3, 0.4) is 0 Å². The van der Waals surface area contributed by atoms with Crippen molar-refractivity contribution in [2.75, 3.05) is 7.05 Å². The molecular formula is C21H27N5O2. The van der Waals surface area contributed by atoms with Crippen LogP contribution in [0.2, 0.25) is 0 Å². The first-order chi connectivity index (χ1) is 13.5. The van der Waals surface area contributed by atoms with Crippen LogP contribution in [-0.2, 0) is 19.8 Å². The maximum Gasteiger partial charge on any atom is 0.274 e. The minimum absolute atomic E-state index is 0.147. The molecule has 1 amide bonds. The van der Waals surface area contributed by atoms with Crippen LogP contribution in [0, 0.1) is 0 Å². The molecule has 0 unspecified atom stereocenters. The number of aryl methyl sites for hydroxylation is 1. The Morgan fingerprint density at radius 2 is 1.79 bits per heavy atom. The lowest BCUT2D eigenvalue weighted by atomic mass is 10.0. The third kappa shape index (κ3) is 4.79. The van der Waals surface area contributed by atoms with Crippen LogP contribution in [0.5, 0.6) is 5.75 Å². The molecule has 0 fully saturated rings. The first-order valence-electron chi connectivity index (χ1n) is 9.50. The van der Waals surface area contributed by atoms with E-state index in [1.54, 1.807) is 28.9 Å². The molecule has 0 saturated heterocycles. The number of nitrogens with zero attached hydrogens (tertiary/aromatic N) is 5. The number of rotatable bonds is 8. The molecule has 0 aliphatic rings. The van der Waals surface area contributed by atoms with Crippen LogP contribution in [0.15, 0.2) is 48.8 Å². The highest BCUT2D eigenvalue weighted by molar-refractivity contribution is 5.91. The molecule has 3 rings (SSSR count). The predicted octanol–water partition coefficient (Wildman–Crippen LogP) is 3.53. The van der Waals surface area contributed by atoms with Crippen molar-refractivity contribution in [1.82, 2.24) is 24.5 Å². The number of carbonyl (C=O) groups is 1. The van der Waals surface area contributed by atoms with E-state index in [1.807, 2.05) is 36.0 Å². The number of hydrogen-bond donors (Lipinski definition) is 0. The van der Waals surface area contributed by atoms with Gasteiger partial charge in [0.1, 0.15) is 5.75 Å². The zero-order valence-electron chi connectivity index (χ0n) is 16.9. The van der Waals surface area contributed by atoms with E-state index in [0.29, 0.717) is 18.2 Å². The summed E-state index contributed by atoms with van der Waals surface area (Å²) in [5, 5.41) is 8.74. The Kier molecular flexibility index (Phi) is 6.13. The van der Waals surface area contributed by atoms with E-state index in [4.69, 9.17) is 4.74 Å². The van der Waals surface area contributed by atoms with Gasteiger partial charge in [0, 0.05) is 26.0 Å². The highest BCUT2D eigenvalue weighted by atomic mass is 16.5. The van der Waals surface area contributed by atoms with E-state index in [0.717, 1.165) is 18.0 Å². The second-order valence-electron chi connectivity index (χ2n) is 7.06. The minimum atomic E-state index is -0.147. The standard InChI is InChI=1S/C21H27N5O2/c1-5-25-12-10-18(22-25)14-24(4)21(27)20-11-13-26(23-20)15-28-19-8-6-17(7-9-19)16(2)3/h6-13,16H,5,14-15H2,1-4H3. The quantitative estimate of drug-likeness (QED) is 0.599. The summed E-state index contributed by atoms with van der Waals surface area (Å²) in [6, 6.07) is 11.7. The summed E-state index contributed by atoms with van der Waals surface area (Å²) in [6.45, 7) is 7.84. The molecule has 0 aliphatic carbocycles. The van der Waals surface area contributed by atoms with Gasteiger partial charge in [0.15, 0.2) is 12.4 Å². The van der Waals surface area contributed by atoms with Crippen molar-refractivity contribution >= 4 is 5.91 Å². The lowest BCUT2D eigenvalue weighted by molar-refractivity contribution is 0.0775. The molecular weight excluding hydrogens is 354 g/mol. The second kappa shape index (κ2) is 8.73. The highest BCUT2D eigenvalue weighted by Crippen LogP contribution is 2.18. The normalized spacial score (nSPS) is 11.0. The summed E-state index contributed by atoms with van der Waals surface area (Å²) < 4.78 is 9.21. The molecule has 0 atom stereocenters. The molecule has 0 N–H and O–H groups in total. The third-order valence-corrected chi connectivity index (χ3v) is 4.54. The Morgan fingerprint density at radius 3 is 2.43 bits per heavy atom. The summed E-state index contributed by atoms with van der Waals surface area (Å²) in [5.74, 6) is 1.11. The lowest BCUT2D eigenvalue weighted by Crippen LogP contribution is -2.27. The lowest BCUT2D eigenvalue weighted by Gasteiger charge is -2.14. The van der Waals surface area contributed by atoms with Crippen molar-refractivity contribution in [3.05, 3.63) is 65.7 Å². The average molecular weight is 381 g/mol. The van der Waals surface area contributed by atoms with Crippen molar-refractivity contribution in [3.8, 4) is 5.75 Å². The SMILES string of the molecule is CCn1ccc(CN(C)C(=O)c2ccn(COc3ccc(C(C)C)cc3)n2)n1. The molecule has 0 bridgehead atoms. The molecule has 0 saturated carbocycles. The number of amides is 1. The number of ether oxygens (including phenoxy) is 1. The maximum absolute atomic E-state index is 12.6. The molecule has 1 aromatic carbocycles. The second-order valence-corrected chi connectivity index (χ2v) is 7.06. The molecule has 148 valence electrons. The van der Waals surface area contributed by atoms with Gasteiger partial charge in [0.2, 0.25) is 0 Å². The van der Waals surface area contributed by atoms with Crippen molar-refractivity contribution in [2.45, 2.75) is 46.5 Å². The monoisotopic (exact) mass is 381 g/mol. The molecule has 2 aromatic heterocycles. The van der Waals surface area contributed by atoms with E-state index < -0.39 is 0 Å². The fourth-order valence-corrected chi connectivity index (χ4v) is 2.81. The van der Waals surface area contributed by atoms with Crippen LogP contribution in [0.1, 0.15) is 48.4 Å². The molecule has 28 heavy (non-hydrogen) atoms. The zero-order chi connectivity index (χ0) is 20.1. The van der Waals surface area contributed by atoms with Crippen molar-refractivity contribution < 1.29 is 9.53 Å². The maximum atomic E-state index is 12.6. The van der Waals surface area contributed by atoms with Gasteiger partial charge in [0.25, 0.3) is 5.91 Å². The average Bonchev–Trinajstić information content (AvgIpc) is 3.35.